The van der Waals surface area contributed by atoms with E-state index < -0.39 is 0 Å². The molecule has 0 saturated carbocycles. The minimum Gasteiger partial charge on any atom is -0.381 e. The molecule has 0 unspecified atom stereocenters. The second-order valence-electron chi connectivity index (χ2n) is 9.18. The molecule has 188 valence electrons. The molecular weight excluding hydrogens is 487 g/mol. The number of rotatable bonds is 4. The van der Waals surface area contributed by atoms with E-state index in [2.05, 4.69) is 9.97 Å². The molecule has 1 fully saturated rings. The van der Waals surface area contributed by atoms with Crippen LogP contribution in [0.25, 0.3) is 16.6 Å². The number of nitrogens with one attached hydrogen (secondary N) is 1. The van der Waals surface area contributed by atoms with Crippen molar-refractivity contribution < 1.29 is 18.7 Å². The molecule has 8 nitrogen and oxygen atoms in total. The van der Waals surface area contributed by atoms with Crippen molar-refractivity contribution in [2.24, 2.45) is 0 Å². The first-order valence-corrected chi connectivity index (χ1v) is 11.7. The molecular formula is C26H26ClFN4O4. The van der Waals surface area contributed by atoms with Crippen molar-refractivity contribution in [1.82, 2.24) is 19.3 Å². The van der Waals surface area contributed by atoms with Crippen LogP contribution in [0.4, 0.5) is 4.39 Å². The zero-order valence-electron chi connectivity index (χ0n) is 19.8. The van der Waals surface area contributed by atoms with Crippen molar-refractivity contribution in [2.75, 3.05) is 20.3 Å². The third-order valence-electron chi connectivity index (χ3n) is 7.06. The number of hydrogen-bond acceptors (Lipinski definition) is 5. The maximum Gasteiger partial charge on any atom is 0.274 e. The molecule has 1 saturated heterocycles. The first-order valence-electron chi connectivity index (χ1n) is 11.7. The number of ether oxygens (including phenoxy) is 2. The van der Waals surface area contributed by atoms with Gasteiger partial charge in [-0.3, -0.25) is 14.0 Å². The average molecular weight is 513 g/mol. The summed E-state index contributed by atoms with van der Waals surface area (Å²) in [5, 5.41) is 0. The Morgan fingerprint density at radius 3 is 2.78 bits per heavy atom. The molecule has 2 aromatic carbocycles. The highest BCUT2D eigenvalue weighted by atomic mass is 35.5. The molecule has 4 heterocycles. The van der Waals surface area contributed by atoms with Crippen molar-refractivity contribution in [2.45, 2.75) is 38.5 Å². The highest BCUT2D eigenvalue weighted by molar-refractivity contribution is 5.99. The van der Waals surface area contributed by atoms with Gasteiger partial charge < -0.3 is 19.4 Å². The van der Waals surface area contributed by atoms with Crippen LogP contribution in [0.2, 0.25) is 0 Å². The minimum absolute atomic E-state index is 0. The summed E-state index contributed by atoms with van der Waals surface area (Å²) in [6, 6.07) is 8.51. The normalized spacial score (nSPS) is 15.9. The van der Waals surface area contributed by atoms with Crippen LogP contribution in [0.15, 0.2) is 41.3 Å². The lowest BCUT2D eigenvalue weighted by atomic mass is 9.99. The first kappa shape index (κ1) is 24.4. The molecule has 6 rings (SSSR count). The molecule has 0 radical (unpaired) electrons. The molecule has 2 aliphatic rings. The SMILES string of the molecule is COCc1cc2c(cc1C(=O)N1Cc3cccc(F)c3C1)[nH]c(=O)c1cnc(C3CCOCC3)n12.Cl. The van der Waals surface area contributed by atoms with Gasteiger partial charge in [0.05, 0.1) is 23.8 Å². The van der Waals surface area contributed by atoms with Crippen LogP contribution >= 0.6 is 12.4 Å². The van der Waals surface area contributed by atoms with Crippen LogP contribution in [-0.2, 0) is 29.2 Å². The van der Waals surface area contributed by atoms with Gasteiger partial charge in [0.25, 0.3) is 11.5 Å². The summed E-state index contributed by atoms with van der Waals surface area (Å²) in [6.07, 6.45) is 3.27. The molecule has 2 aliphatic heterocycles. The van der Waals surface area contributed by atoms with Gasteiger partial charge in [0, 0.05) is 50.5 Å². The summed E-state index contributed by atoms with van der Waals surface area (Å²) in [5.41, 5.74) is 3.98. The first-order chi connectivity index (χ1) is 17.0. The fourth-order valence-corrected chi connectivity index (χ4v) is 5.30. The quantitative estimate of drug-likeness (QED) is 0.447. The number of fused-ring (bicyclic) bond motifs is 4. The van der Waals surface area contributed by atoms with Gasteiger partial charge in [0.1, 0.15) is 17.2 Å². The summed E-state index contributed by atoms with van der Waals surface area (Å²) >= 11 is 0. The number of aromatic amines is 1. The number of imidazole rings is 1. The van der Waals surface area contributed by atoms with Crippen LogP contribution in [0.1, 0.15) is 51.6 Å². The van der Waals surface area contributed by atoms with E-state index in [1.807, 2.05) is 16.5 Å². The fraction of sp³-hybridized carbons (Fsp3) is 0.346. The molecule has 0 atom stereocenters. The van der Waals surface area contributed by atoms with Crippen LogP contribution < -0.4 is 5.56 Å². The van der Waals surface area contributed by atoms with E-state index >= 15 is 0 Å². The molecule has 0 aliphatic carbocycles. The Labute approximate surface area is 212 Å². The molecule has 36 heavy (non-hydrogen) atoms. The zero-order chi connectivity index (χ0) is 24.1. The second kappa shape index (κ2) is 9.65. The van der Waals surface area contributed by atoms with Crippen LogP contribution in [0.5, 0.6) is 0 Å². The van der Waals surface area contributed by atoms with E-state index in [0.29, 0.717) is 47.5 Å². The van der Waals surface area contributed by atoms with E-state index in [-0.39, 0.29) is 48.8 Å². The Kier molecular flexibility index (Phi) is 6.55. The van der Waals surface area contributed by atoms with E-state index in [4.69, 9.17) is 9.47 Å². The van der Waals surface area contributed by atoms with Crippen molar-refractivity contribution in [3.8, 4) is 0 Å². The zero-order valence-corrected chi connectivity index (χ0v) is 20.6. The molecule has 4 aromatic rings. The van der Waals surface area contributed by atoms with Gasteiger partial charge in [0.15, 0.2) is 0 Å². The highest BCUT2D eigenvalue weighted by Gasteiger charge is 2.29. The lowest BCUT2D eigenvalue weighted by Gasteiger charge is -2.22. The molecule has 0 spiro atoms. The van der Waals surface area contributed by atoms with E-state index in [1.165, 1.54) is 6.07 Å². The van der Waals surface area contributed by atoms with E-state index in [0.717, 1.165) is 29.7 Å². The van der Waals surface area contributed by atoms with Gasteiger partial charge in [-0.2, -0.15) is 0 Å². The van der Waals surface area contributed by atoms with Gasteiger partial charge in [0.2, 0.25) is 0 Å². The average Bonchev–Trinajstić information content (AvgIpc) is 3.51. The number of halogens is 2. The number of hydrogen-bond donors (Lipinski definition) is 1. The fourth-order valence-electron chi connectivity index (χ4n) is 5.30. The number of carbonyl (C=O) groups excluding carboxylic acids is 1. The maximum absolute atomic E-state index is 14.3. The number of carbonyl (C=O) groups is 1. The van der Waals surface area contributed by atoms with E-state index in [1.54, 1.807) is 30.3 Å². The number of H-pyrrole nitrogens is 1. The Morgan fingerprint density at radius 1 is 1.22 bits per heavy atom. The van der Waals surface area contributed by atoms with Crippen LogP contribution in [0, 0.1) is 5.82 Å². The lowest BCUT2D eigenvalue weighted by molar-refractivity contribution is 0.0746. The van der Waals surface area contributed by atoms with Crippen LogP contribution in [0.3, 0.4) is 0 Å². The standard InChI is InChI=1S/C26H25FN4O4.ClH/c1-34-14-17-9-22-21(10-18(17)26(33)30-12-16-3-2-4-20(27)19(16)13-30)29-25(32)23-11-28-24(31(22)23)15-5-7-35-8-6-15;/h2-4,9-11,15H,5-8,12-14H2,1H3,(H,29,32);1H. The third-order valence-corrected chi connectivity index (χ3v) is 7.06. The van der Waals surface area contributed by atoms with E-state index in [9.17, 15) is 14.0 Å². The topological polar surface area (TPSA) is 88.9 Å². The monoisotopic (exact) mass is 512 g/mol. The highest BCUT2D eigenvalue weighted by Crippen LogP contribution is 2.31. The summed E-state index contributed by atoms with van der Waals surface area (Å²) in [4.78, 5) is 35.7. The Morgan fingerprint density at radius 2 is 2.03 bits per heavy atom. The molecule has 0 bridgehead atoms. The van der Waals surface area contributed by atoms with Crippen molar-refractivity contribution in [3.63, 3.8) is 0 Å². The number of benzene rings is 2. The lowest BCUT2D eigenvalue weighted by Crippen LogP contribution is -2.27. The smallest absolute Gasteiger partial charge is 0.274 e. The number of aromatic nitrogens is 3. The summed E-state index contributed by atoms with van der Waals surface area (Å²) in [7, 11) is 1.58. The van der Waals surface area contributed by atoms with Gasteiger partial charge in [-0.15, -0.1) is 12.4 Å². The maximum atomic E-state index is 14.3. The van der Waals surface area contributed by atoms with Gasteiger partial charge in [-0.05, 0) is 42.2 Å². The number of methoxy groups -OCH3 is 1. The largest absolute Gasteiger partial charge is 0.381 e. The molecule has 1 N–H and O–H groups in total. The van der Waals surface area contributed by atoms with Crippen molar-refractivity contribution in [3.05, 3.63) is 80.8 Å². The van der Waals surface area contributed by atoms with Gasteiger partial charge in [-0.1, -0.05) is 12.1 Å². The number of amides is 1. The summed E-state index contributed by atoms with van der Waals surface area (Å²) in [6.45, 7) is 2.08. The number of nitrogens with zero attached hydrogens (tertiary/aromatic N) is 3. The second-order valence-corrected chi connectivity index (χ2v) is 9.18. The third kappa shape index (κ3) is 3.97. The van der Waals surface area contributed by atoms with Gasteiger partial charge >= 0.3 is 0 Å². The Hall–Kier alpha value is -3.27. The van der Waals surface area contributed by atoms with Crippen molar-refractivity contribution in [1.29, 1.82) is 0 Å². The Bertz CT molecular complexity index is 1530. The summed E-state index contributed by atoms with van der Waals surface area (Å²) in [5.74, 6) is 0.473. The van der Waals surface area contributed by atoms with Gasteiger partial charge in [-0.25, -0.2) is 9.37 Å². The minimum atomic E-state index is -0.305. The molecule has 10 heteroatoms. The molecule has 1 amide bonds. The predicted molar refractivity (Wildman–Crippen MR) is 134 cm³/mol. The molecule has 2 aromatic heterocycles. The van der Waals surface area contributed by atoms with Crippen molar-refractivity contribution >= 4 is 34.9 Å². The van der Waals surface area contributed by atoms with Crippen LogP contribution in [-0.4, -0.2) is 45.5 Å². The Balaban J connectivity index is 0.00000267. The summed E-state index contributed by atoms with van der Waals surface area (Å²) < 4.78 is 27.1. The predicted octanol–water partition coefficient (Wildman–Crippen LogP) is 3.93.